The summed E-state index contributed by atoms with van der Waals surface area (Å²) in [6.07, 6.45) is 3.83. The Hall–Kier alpha value is -2.34. The number of nitrogens with one attached hydrogen (secondary N) is 2. The summed E-state index contributed by atoms with van der Waals surface area (Å²) in [5.41, 5.74) is 2.97. The van der Waals surface area contributed by atoms with E-state index in [0.717, 1.165) is 29.1 Å². The Morgan fingerprint density at radius 3 is 3.14 bits per heavy atom. The second-order valence-electron chi connectivity index (χ2n) is 5.22. The predicted octanol–water partition coefficient (Wildman–Crippen LogP) is 1.60. The minimum Gasteiger partial charge on any atom is -0.482 e. The molecule has 2 N–H and O–H groups in total. The van der Waals surface area contributed by atoms with E-state index in [0.29, 0.717) is 0 Å². The van der Waals surface area contributed by atoms with Gasteiger partial charge in [-0.1, -0.05) is 6.07 Å². The van der Waals surface area contributed by atoms with Crippen molar-refractivity contribution in [2.24, 2.45) is 7.05 Å². The standard InChI is InChI=1S/C15H18N4O2/c1-10(16-6-11-7-17-19(2)8-11)12-3-4-14-13(5-12)18-15(20)9-21-14/h3-5,7-8,10,16H,6,9H2,1-2H3,(H,18,20). The molecule has 0 fully saturated rings. The van der Waals surface area contributed by atoms with E-state index in [1.54, 1.807) is 4.68 Å². The number of hydrogen-bond acceptors (Lipinski definition) is 4. The molecule has 1 aromatic carbocycles. The number of aromatic nitrogens is 2. The molecule has 2 aromatic rings. The summed E-state index contributed by atoms with van der Waals surface area (Å²) in [6, 6.07) is 6.02. The van der Waals surface area contributed by atoms with Gasteiger partial charge in [0.2, 0.25) is 0 Å². The number of rotatable bonds is 4. The first-order valence-electron chi connectivity index (χ1n) is 6.89. The van der Waals surface area contributed by atoms with E-state index in [9.17, 15) is 4.79 Å². The highest BCUT2D eigenvalue weighted by Crippen LogP contribution is 2.30. The molecule has 0 spiro atoms. The zero-order valence-corrected chi connectivity index (χ0v) is 12.1. The van der Waals surface area contributed by atoms with Gasteiger partial charge < -0.3 is 15.4 Å². The molecule has 6 heteroatoms. The lowest BCUT2D eigenvalue weighted by Gasteiger charge is -2.20. The molecule has 0 saturated carbocycles. The van der Waals surface area contributed by atoms with Crippen LogP contribution < -0.4 is 15.4 Å². The normalized spacial score (nSPS) is 15.0. The molecule has 1 aliphatic heterocycles. The van der Waals surface area contributed by atoms with Crippen molar-refractivity contribution < 1.29 is 9.53 Å². The van der Waals surface area contributed by atoms with E-state index < -0.39 is 0 Å². The third-order valence-corrected chi connectivity index (χ3v) is 3.51. The van der Waals surface area contributed by atoms with Crippen molar-refractivity contribution in [2.45, 2.75) is 19.5 Å². The first-order valence-corrected chi connectivity index (χ1v) is 6.89. The van der Waals surface area contributed by atoms with Crippen LogP contribution >= 0.6 is 0 Å². The van der Waals surface area contributed by atoms with Gasteiger partial charge in [-0.3, -0.25) is 9.48 Å². The molecule has 110 valence electrons. The number of carbonyl (C=O) groups excluding carboxylic acids is 1. The van der Waals surface area contributed by atoms with Crippen molar-refractivity contribution in [3.63, 3.8) is 0 Å². The first kappa shape index (κ1) is 13.6. The van der Waals surface area contributed by atoms with Crippen LogP contribution in [0.3, 0.4) is 0 Å². The van der Waals surface area contributed by atoms with Gasteiger partial charge in [0.05, 0.1) is 11.9 Å². The van der Waals surface area contributed by atoms with Crippen molar-refractivity contribution in [3.8, 4) is 5.75 Å². The number of amides is 1. The van der Waals surface area contributed by atoms with E-state index in [1.165, 1.54) is 0 Å². The fourth-order valence-electron chi connectivity index (χ4n) is 2.32. The predicted molar refractivity (Wildman–Crippen MR) is 79.0 cm³/mol. The van der Waals surface area contributed by atoms with Gasteiger partial charge in [0.25, 0.3) is 5.91 Å². The van der Waals surface area contributed by atoms with Gasteiger partial charge in [0, 0.05) is 31.4 Å². The summed E-state index contributed by atoms with van der Waals surface area (Å²) in [6.45, 7) is 2.92. The number of nitrogens with zero attached hydrogens (tertiary/aromatic N) is 2. The van der Waals surface area contributed by atoms with Crippen molar-refractivity contribution in [1.82, 2.24) is 15.1 Å². The second kappa shape index (κ2) is 5.57. The molecule has 1 amide bonds. The van der Waals surface area contributed by atoms with Gasteiger partial charge in [-0.25, -0.2) is 0 Å². The number of aryl methyl sites for hydroxylation is 1. The summed E-state index contributed by atoms with van der Waals surface area (Å²) >= 11 is 0. The number of anilines is 1. The Kier molecular flexibility index (Phi) is 3.62. The lowest BCUT2D eigenvalue weighted by molar-refractivity contribution is -0.118. The molecule has 2 heterocycles. The minimum absolute atomic E-state index is 0.0845. The van der Waals surface area contributed by atoms with Gasteiger partial charge in [-0.15, -0.1) is 0 Å². The lowest BCUT2D eigenvalue weighted by Crippen LogP contribution is -2.26. The quantitative estimate of drug-likeness (QED) is 0.896. The molecule has 0 saturated heterocycles. The minimum atomic E-state index is -0.115. The van der Waals surface area contributed by atoms with Crippen LogP contribution in [-0.4, -0.2) is 22.3 Å². The molecule has 0 aliphatic carbocycles. The third-order valence-electron chi connectivity index (χ3n) is 3.51. The Labute approximate surface area is 123 Å². The van der Waals surface area contributed by atoms with E-state index in [4.69, 9.17) is 4.74 Å². The van der Waals surface area contributed by atoms with E-state index in [-0.39, 0.29) is 18.6 Å². The monoisotopic (exact) mass is 286 g/mol. The van der Waals surface area contributed by atoms with Crippen molar-refractivity contribution >= 4 is 11.6 Å². The van der Waals surface area contributed by atoms with Gasteiger partial charge >= 0.3 is 0 Å². The van der Waals surface area contributed by atoms with Gasteiger partial charge in [0.15, 0.2) is 6.61 Å². The Balaban J connectivity index is 1.68. The summed E-state index contributed by atoms with van der Waals surface area (Å²) in [5, 5.41) is 10.4. The molecule has 3 rings (SSSR count). The van der Waals surface area contributed by atoms with E-state index >= 15 is 0 Å². The molecule has 6 nitrogen and oxygen atoms in total. The summed E-state index contributed by atoms with van der Waals surface area (Å²) < 4.78 is 7.14. The average Bonchev–Trinajstić information content (AvgIpc) is 2.89. The smallest absolute Gasteiger partial charge is 0.262 e. The largest absolute Gasteiger partial charge is 0.482 e. The Bertz CT molecular complexity index is 665. The van der Waals surface area contributed by atoms with Crippen LogP contribution in [-0.2, 0) is 18.4 Å². The van der Waals surface area contributed by atoms with Crippen molar-refractivity contribution in [3.05, 3.63) is 41.7 Å². The zero-order chi connectivity index (χ0) is 14.8. The number of carbonyl (C=O) groups is 1. The van der Waals surface area contributed by atoms with Crippen LogP contribution in [0, 0.1) is 0 Å². The second-order valence-corrected chi connectivity index (χ2v) is 5.22. The molecule has 1 aromatic heterocycles. The van der Waals surface area contributed by atoms with Gasteiger partial charge in [-0.05, 0) is 24.6 Å². The number of benzene rings is 1. The maximum absolute atomic E-state index is 11.4. The third kappa shape index (κ3) is 3.05. The molecule has 1 unspecified atom stereocenters. The highest BCUT2D eigenvalue weighted by atomic mass is 16.5. The van der Waals surface area contributed by atoms with Crippen LogP contribution in [0.4, 0.5) is 5.69 Å². The maximum atomic E-state index is 11.4. The molecule has 1 aliphatic rings. The topological polar surface area (TPSA) is 68.2 Å². The van der Waals surface area contributed by atoms with Gasteiger partial charge in [0.1, 0.15) is 5.75 Å². The molecule has 1 atom stereocenters. The zero-order valence-electron chi connectivity index (χ0n) is 12.1. The van der Waals surface area contributed by atoms with E-state index in [1.807, 2.05) is 37.6 Å². The van der Waals surface area contributed by atoms with Crippen LogP contribution in [0.2, 0.25) is 0 Å². The molecular formula is C15H18N4O2. The van der Waals surface area contributed by atoms with Crippen LogP contribution in [0.25, 0.3) is 0 Å². The molecule has 21 heavy (non-hydrogen) atoms. The first-order chi connectivity index (χ1) is 10.1. The van der Waals surface area contributed by atoms with Crippen LogP contribution in [0.5, 0.6) is 5.75 Å². The Morgan fingerprint density at radius 1 is 1.52 bits per heavy atom. The number of hydrogen-bond donors (Lipinski definition) is 2. The number of ether oxygens (including phenoxy) is 1. The molecule has 0 bridgehead atoms. The summed E-state index contributed by atoms with van der Waals surface area (Å²) in [4.78, 5) is 11.4. The van der Waals surface area contributed by atoms with Gasteiger partial charge in [-0.2, -0.15) is 5.10 Å². The average molecular weight is 286 g/mol. The van der Waals surface area contributed by atoms with Crippen molar-refractivity contribution in [2.75, 3.05) is 11.9 Å². The highest BCUT2D eigenvalue weighted by molar-refractivity contribution is 5.95. The number of fused-ring (bicyclic) bond motifs is 1. The van der Waals surface area contributed by atoms with Crippen molar-refractivity contribution in [1.29, 1.82) is 0 Å². The van der Waals surface area contributed by atoms with Crippen LogP contribution in [0.15, 0.2) is 30.6 Å². The summed E-state index contributed by atoms with van der Waals surface area (Å²) in [5.74, 6) is 0.605. The Morgan fingerprint density at radius 2 is 2.38 bits per heavy atom. The molecular weight excluding hydrogens is 268 g/mol. The maximum Gasteiger partial charge on any atom is 0.262 e. The lowest BCUT2D eigenvalue weighted by atomic mass is 10.1. The molecule has 0 radical (unpaired) electrons. The summed E-state index contributed by atoms with van der Waals surface area (Å²) in [7, 11) is 1.90. The van der Waals surface area contributed by atoms with Crippen LogP contribution in [0.1, 0.15) is 24.1 Å². The highest BCUT2D eigenvalue weighted by Gasteiger charge is 2.17. The SMILES string of the molecule is CC(NCc1cnn(C)c1)c1ccc2c(c1)NC(=O)CO2. The fourth-order valence-corrected chi connectivity index (χ4v) is 2.32. The van der Waals surface area contributed by atoms with E-state index in [2.05, 4.69) is 22.7 Å². The fraction of sp³-hybridized carbons (Fsp3) is 0.333.